The third-order valence-electron chi connectivity index (χ3n) is 4.52. The summed E-state index contributed by atoms with van der Waals surface area (Å²) in [6.45, 7) is 0.325. The number of halogens is 1. The Morgan fingerprint density at radius 3 is 2.42 bits per heavy atom. The molecule has 1 fully saturated rings. The number of benzene rings is 1. The molecular formula is C16H18BrN3O5S. The molecule has 1 saturated heterocycles. The Bertz CT molecular complexity index is 878. The number of nitrogens with zero attached hydrogens (tertiary/aromatic N) is 2. The fourth-order valence-electron chi connectivity index (χ4n) is 3.16. The Morgan fingerprint density at radius 2 is 1.81 bits per heavy atom. The van der Waals surface area contributed by atoms with Crippen LogP contribution in [0.4, 0.5) is 0 Å². The van der Waals surface area contributed by atoms with Gasteiger partial charge in [-0.15, -0.1) is 0 Å². The maximum Gasteiger partial charge on any atom is 0.262 e. The average Bonchev–Trinajstić information content (AvgIpc) is 2.79. The minimum absolute atomic E-state index is 0.176. The van der Waals surface area contributed by atoms with E-state index in [-0.39, 0.29) is 23.7 Å². The van der Waals surface area contributed by atoms with Crippen molar-refractivity contribution in [3.8, 4) is 0 Å². The first kappa shape index (κ1) is 19.0. The van der Waals surface area contributed by atoms with Crippen LogP contribution in [0, 0.1) is 0 Å². The van der Waals surface area contributed by atoms with E-state index in [0.29, 0.717) is 30.4 Å². The Kier molecular flexibility index (Phi) is 5.18. The van der Waals surface area contributed by atoms with Crippen molar-refractivity contribution in [2.75, 3.05) is 25.9 Å². The highest BCUT2D eigenvalue weighted by Crippen LogP contribution is 2.25. The van der Waals surface area contributed by atoms with Crippen molar-refractivity contribution >= 4 is 43.7 Å². The third-order valence-corrected chi connectivity index (χ3v) is 6.32. The minimum atomic E-state index is -3.23. The van der Waals surface area contributed by atoms with E-state index in [2.05, 4.69) is 21.2 Å². The van der Waals surface area contributed by atoms with Crippen molar-refractivity contribution in [1.29, 1.82) is 0 Å². The van der Waals surface area contributed by atoms with Crippen LogP contribution in [-0.4, -0.2) is 67.3 Å². The molecule has 2 aliphatic rings. The molecule has 1 N–H and O–H groups in total. The molecule has 0 unspecified atom stereocenters. The van der Waals surface area contributed by atoms with E-state index in [1.54, 1.807) is 18.2 Å². The van der Waals surface area contributed by atoms with E-state index in [0.717, 1.165) is 11.2 Å². The number of rotatable bonds is 4. The first-order valence-electron chi connectivity index (χ1n) is 8.07. The standard InChI is InChI=1S/C16H18BrN3O5S/c1-26(24,25)19-6-4-11(5-7-19)18-14(21)9-20-15(22)12-3-2-10(17)8-13(12)16(20)23/h2-3,8,11H,4-7,9H2,1H3,(H,18,21). The zero-order valence-electron chi connectivity index (χ0n) is 14.1. The Labute approximate surface area is 159 Å². The summed E-state index contributed by atoms with van der Waals surface area (Å²) in [6.07, 6.45) is 2.15. The van der Waals surface area contributed by atoms with Crippen LogP contribution in [0.15, 0.2) is 22.7 Å². The Morgan fingerprint density at radius 1 is 1.19 bits per heavy atom. The molecule has 2 aliphatic heterocycles. The van der Waals surface area contributed by atoms with Crippen LogP contribution in [0.25, 0.3) is 0 Å². The van der Waals surface area contributed by atoms with Gasteiger partial charge in [-0.1, -0.05) is 15.9 Å². The molecule has 1 aromatic rings. The topological polar surface area (TPSA) is 104 Å². The van der Waals surface area contributed by atoms with Crippen molar-refractivity contribution < 1.29 is 22.8 Å². The van der Waals surface area contributed by atoms with Crippen molar-refractivity contribution in [2.45, 2.75) is 18.9 Å². The van der Waals surface area contributed by atoms with E-state index in [1.165, 1.54) is 4.31 Å². The summed E-state index contributed by atoms with van der Waals surface area (Å²) in [5, 5.41) is 2.78. The molecule has 3 rings (SSSR count). The molecule has 0 aliphatic carbocycles. The molecule has 1 aromatic carbocycles. The van der Waals surface area contributed by atoms with Gasteiger partial charge in [0.25, 0.3) is 11.8 Å². The second-order valence-corrected chi connectivity index (χ2v) is 9.29. The van der Waals surface area contributed by atoms with E-state index in [4.69, 9.17) is 0 Å². The first-order valence-corrected chi connectivity index (χ1v) is 10.7. The molecular weight excluding hydrogens is 426 g/mol. The van der Waals surface area contributed by atoms with Gasteiger partial charge in [0.2, 0.25) is 15.9 Å². The summed E-state index contributed by atoms with van der Waals surface area (Å²) in [6, 6.07) is 4.61. The van der Waals surface area contributed by atoms with Gasteiger partial charge in [0.1, 0.15) is 6.54 Å². The van der Waals surface area contributed by atoms with Crippen molar-refractivity contribution in [3.05, 3.63) is 33.8 Å². The lowest BCUT2D eigenvalue weighted by molar-refractivity contribution is -0.122. The van der Waals surface area contributed by atoms with Gasteiger partial charge in [0.15, 0.2) is 0 Å². The lowest BCUT2D eigenvalue weighted by Gasteiger charge is -2.30. The number of carbonyl (C=O) groups is 3. The molecule has 0 bridgehead atoms. The molecule has 10 heteroatoms. The summed E-state index contributed by atoms with van der Waals surface area (Å²) in [5.41, 5.74) is 0.561. The number of nitrogens with one attached hydrogen (secondary N) is 1. The lowest BCUT2D eigenvalue weighted by atomic mass is 10.1. The maximum atomic E-state index is 12.4. The smallest absolute Gasteiger partial charge is 0.262 e. The molecule has 3 amide bonds. The Hall–Kier alpha value is -1.78. The summed E-state index contributed by atoms with van der Waals surface area (Å²) < 4.78 is 25.1. The maximum absolute atomic E-state index is 12.4. The normalized spacial score (nSPS) is 18.9. The quantitative estimate of drug-likeness (QED) is 0.685. The van der Waals surface area contributed by atoms with Gasteiger partial charge in [-0.2, -0.15) is 0 Å². The molecule has 140 valence electrons. The van der Waals surface area contributed by atoms with Crippen LogP contribution in [0.3, 0.4) is 0 Å². The number of hydrogen-bond donors (Lipinski definition) is 1. The highest BCUT2D eigenvalue weighted by Gasteiger charge is 2.37. The third kappa shape index (κ3) is 3.81. The van der Waals surface area contributed by atoms with Crippen LogP contribution in [0.1, 0.15) is 33.6 Å². The average molecular weight is 444 g/mol. The van der Waals surface area contributed by atoms with Crippen LogP contribution < -0.4 is 5.32 Å². The summed E-state index contributed by atoms with van der Waals surface area (Å²) in [5.74, 6) is -1.41. The van der Waals surface area contributed by atoms with Gasteiger partial charge < -0.3 is 5.32 Å². The number of imide groups is 1. The van der Waals surface area contributed by atoms with Gasteiger partial charge >= 0.3 is 0 Å². The van der Waals surface area contributed by atoms with E-state index in [9.17, 15) is 22.8 Å². The summed E-state index contributed by atoms with van der Waals surface area (Å²) in [7, 11) is -3.23. The molecule has 0 aromatic heterocycles. The minimum Gasteiger partial charge on any atom is -0.352 e. The van der Waals surface area contributed by atoms with E-state index in [1.807, 2.05) is 0 Å². The number of amides is 3. The number of piperidine rings is 1. The van der Waals surface area contributed by atoms with Crippen LogP contribution in [-0.2, 0) is 14.8 Å². The number of fused-ring (bicyclic) bond motifs is 1. The molecule has 0 atom stereocenters. The number of carbonyl (C=O) groups excluding carboxylic acids is 3. The highest BCUT2D eigenvalue weighted by atomic mass is 79.9. The molecule has 26 heavy (non-hydrogen) atoms. The predicted molar refractivity (Wildman–Crippen MR) is 97.1 cm³/mol. The van der Waals surface area contributed by atoms with Gasteiger partial charge in [-0.05, 0) is 31.0 Å². The second-order valence-electron chi connectivity index (χ2n) is 6.39. The summed E-state index contributed by atoms with van der Waals surface area (Å²) >= 11 is 3.26. The van der Waals surface area contributed by atoms with Crippen LogP contribution >= 0.6 is 15.9 Å². The monoisotopic (exact) mass is 443 g/mol. The van der Waals surface area contributed by atoms with Gasteiger partial charge in [0, 0.05) is 23.6 Å². The van der Waals surface area contributed by atoms with Crippen molar-refractivity contribution in [2.24, 2.45) is 0 Å². The van der Waals surface area contributed by atoms with Crippen LogP contribution in [0.5, 0.6) is 0 Å². The largest absolute Gasteiger partial charge is 0.352 e. The van der Waals surface area contributed by atoms with Gasteiger partial charge in [0.05, 0.1) is 17.4 Å². The van der Waals surface area contributed by atoms with Gasteiger partial charge in [-0.3, -0.25) is 19.3 Å². The van der Waals surface area contributed by atoms with Crippen molar-refractivity contribution in [3.63, 3.8) is 0 Å². The first-order chi connectivity index (χ1) is 12.2. The molecule has 2 heterocycles. The second kappa shape index (κ2) is 7.09. The fourth-order valence-corrected chi connectivity index (χ4v) is 4.39. The Balaban J connectivity index is 1.58. The molecule has 8 nitrogen and oxygen atoms in total. The summed E-state index contributed by atoms with van der Waals surface area (Å²) in [4.78, 5) is 37.9. The molecule has 0 spiro atoms. The number of sulfonamides is 1. The zero-order chi connectivity index (χ0) is 19.1. The zero-order valence-corrected chi connectivity index (χ0v) is 16.5. The highest BCUT2D eigenvalue weighted by molar-refractivity contribution is 9.10. The van der Waals surface area contributed by atoms with E-state index < -0.39 is 27.7 Å². The fraction of sp³-hybridized carbons (Fsp3) is 0.438. The van der Waals surface area contributed by atoms with E-state index >= 15 is 0 Å². The SMILES string of the molecule is CS(=O)(=O)N1CCC(NC(=O)CN2C(=O)c3ccc(Br)cc3C2=O)CC1. The lowest BCUT2D eigenvalue weighted by Crippen LogP contribution is -2.49. The molecule has 0 saturated carbocycles. The van der Waals surface area contributed by atoms with Gasteiger partial charge in [-0.25, -0.2) is 12.7 Å². The van der Waals surface area contributed by atoms with Crippen LogP contribution in [0.2, 0.25) is 0 Å². The molecule has 0 radical (unpaired) electrons. The van der Waals surface area contributed by atoms with Crippen molar-refractivity contribution in [1.82, 2.24) is 14.5 Å². The predicted octanol–water partition coefficient (Wildman–Crippen LogP) is 0.585. The number of hydrogen-bond acceptors (Lipinski definition) is 5.